The monoisotopic (exact) mass is 380 g/mol. The van der Waals surface area contributed by atoms with E-state index in [1.165, 1.54) is 30.8 Å². The van der Waals surface area contributed by atoms with Gasteiger partial charge in [-0.25, -0.2) is 9.78 Å². The van der Waals surface area contributed by atoms with Gasteiger partial charge in [0, 0.05) is 26.6 Å². The maximum Gasteiger partial charge on any atom is 0.332 e. The van der Waals surface area contributed by atoms with Gasteiger partial charge in [0.15, 0.2) is 0 Å². The SMILES string of the molecule is Cn1c(=O)c2ccc(C(=O)NCC3COc4ccccc4C3)nc2n(C)c1=O. The summed E-state index contributed by atoms with van der Waals surface area (Å²) in [6.45, 7) is 0.982. The number of amides is 1. The van der Waals surface area contributed by atoms with Gasteiger partial charge in [-0.15, -0.1) is 0 Å². The van der Waals surface area contributed by atoms with E-state index >= 15 is 0 Å². The van der Waals surface area contributed by atoms with Crippen LogP contribution in [0.5, 0.6) is 5.75 Å². The first kappa shape index (κ1) is 18.0. The van der Waals surface area contributed by atoms with Crippen molar-refractivity contribution in [2.75, 3.05) is 13.2 Å². The van der Waals surface area contributed by atoms with Gasteiger partial charge in [-0.3, -0.25) is 18.7 Å². The van der Waals surface area contributed by atoms with Crippen LogP contribution in [0.3, 0.4) is 0 Å². The number of hydrogen-bond acceptors (Lipinski definition) is 5. The lowest BCUT2D eigenvalue weighted by Crippen LogP contribution is -2.38. The lowest BCUT2D eigenvalue weighted by molar-refractivity contribution is 0.0934. The Morgan fingerprint density at radius 1 is 1.18 bits per heavy atom. The standard InChI is InChI=1S/C20H20N4O4/c1-23-17-14(19(26)24(2)20(23)27)7-8-15(22-17)18(25)21-10-12-9-13-5-3-4-6-16(13)28-11-12/h3-8,12H,9-11H2,1-2H3,(H,21,25). The van der Waals surface area contributed by atoms with Crippen molar-refractivity contribution in [2.24, 2.45) is 20.0 Å². The first-order valence-electron chi connectivity index (χ1n) is 9.01. The number of rotatable bonds is 3. The van der Waals surface area contributed by atoms with Crippen molar-refractivity contribution in [3.05, 3.63) is 68.5 Å². The summed E-state index contributed by atoms with van der Waals surface area (Å²) in [5.41, 5.74) is 0.558. The lowest BCUT2D eigenvalue weighted by Gasteiger charge is -2.25. The van der Waals surface area contributed by atoms with Gasteiger partial charge in [-0.1, -0.05) is 18.2 Å². The molecule has 1 N–H and O–H groups in total. The summed E-state index contributed by atoms with van der Waals surface area (Å²) in [5.74, 6) is 0.702. The number of nitrogens with zero attached hydrogens (tertiary/aromatic N) is 3. The molecule has 8 heteroatoms. The molecule has 0 fully saturated rings. The van der Waals surface area contributed by atoms with Crippen LogP contribution in [0.2, 0.25) is 0 Å². The minimum Gasteiger partial charge on any atom is -0.493 e. The van der Waals surface area contributed by atoms with Gasteiger partial charge in [0.05, 0.1) is 12.0 Å². The molecule has 28 heavy (non-hydrogen) atoms. The number of para-hydroxylation sites is 1. The Morgan fingerprint density at radius 3 is 2.79 bits per heavy atom. The fourth-order valence-corrected chi connectivity index (χ4v) is 3.43. The van der Waals surface area contributed by atoms with Gasteiger partial charge < -0.3 is 10.1 Å². The Kier molecular flexibility index (Phi) is 4.46. The molecule has 1 aliphatic rings. The second-order valence-electron chi connectivity index (χ2n) is 6.97. The minimum atomic E-state index is -0.486. The Balaban J connectivity index is 1.52. The van der Waals surface area contributed by atoms with Crippen molar-refractivity contribution in [3.63, 3.8) is 0 Å². The summed E-state index contributed by atoms with van der Waals surface area (Å²) in [6, 6.07) is 10.9. The summed E-state index contributed by atoms with van der Waals surface area (Å²) in [7, 11) is 2.94. The highest BCUT2D eigenvalue weighted by molar-refractivity contribution is 5.94. The van der Waals surface area contributed by atoms with E-state index in [4.69, 9.17) is 4.74 Å². The maximum atomic E-state index is 12.5. The van der Waals surface area contributed by atoms with Crippen LogP contribution in [0.1, 0.15) is 16.1 Å². The second kappa shape index (κ2) is 6.95. The zero-order chi connectivity index (χ0) is 19.8. The van der Waals surface area contributed by atoms with Crippen LogP contribution in [0.15, 0.2) is 46.0 Å². The third kappa shape index (κ3) is 3.06. The molecule has 0 bridgehead atoms. The first-order chi connectivity index (χ1) is 13.5. The number of ether oxygens (including phenoxy) is 1. The molecule has 0 saturated carbocycles. The predicted molar refractivity (Wildman–Crippen MR) is 104 cm³/mol. The topological polar surface area (TPSA) is 95.2 Å². The van der Waals surface area contributed by atoms with Gasteiger partial charge in [0.1, 0.15) is 17.1 Å². The maximum absolute atomic E-state index is 12.5. The Morgan fingerprint density at radius 2 is 1.96 bits per heavy atom. The molecule has 1 amide bonds. The van der Waals surface area contributed by atoms with Crippen LogP contribution < -0.4 is 21.3 Å². The number of benzene rings is 1. The third-order valence-electron chi connectivity index (χ3n) is 5.04. The largest absolute Gasteiger partial charge is 0.493 e. The first-order valence-corrected chi connectivity index (χ1v) is 9.01. The zero-order valence-corrected chi connectivity index (χ0v) is 15.6. The normalized spacial score (nSPS) is 15.7. The number of carbonyl (C=O) groups excluding carboxylic acids is 1. The Hall–Kier alpha value is -3.42. The quantitative estimate of drug-likeness (QED) is 0.719. The molecule has 1 aromatic carbocycles. The fraction of sp³-hybridized carbons (Fsp3) is 0.300. The number of carbonyl (C=O) groups is 1. The number of hydrogen-bond donors (Lipinski definition) is 1. The van der Waals surface area contributed by atoms with E-state index in [1.54, 1.807) is 0 Å². The summed E-state index contributed by atoms with van der Waals surface area (Å²) in [6.07, 6.45) is 0.826. The molecule has 3 heterocycles. The average molecular weight is 380 g/mol. The second-order valence-corrected chi connectivity index (χ2v) is 6.97. The van der Waals surface area contributed by atoms with Crippen molar-refractivity contribution in [2.45, 2.75) is 6.42 Å². The number of aryl methyl sites for hydroxylation is 1. The molecule has 0 radical (unpaired) electrons. The molecule has 2 aromatic heterocycles. The van der Waals surface area contributed by atoms with Crippen molar-refractivity contribution in [3.8, 4) is 5.75 Å². The molecule has 1 atom stereocenters. The van der Waals surface area contributed by atoms with E-state index in [-0.39, 0.29) is 23.2 Å². The van der Waals surface area contributed by atoms with E-state index < -0.39 is 11.2 Å². The third-order valence-corrected chi connectivity index (χ3v) is 5.04. The summed E-state index contributed by atoms with van der Waals surface area (Å²) in [4.78, 5) is 41.1. The summed E-state index contributed by atoms with van der Waals surface area (Å²) in [5, 5.41) is 3.16. The molecule has 0 aliphatic carbocycles. The van der Waals surface area contributed by atoms with Gasteiger partial charge in [0.2, 0.25) is 0 Å². The molecular formula is C20H20N4O4. The molecule has 1 aliphatic heterocycles. The van der Waals surface area contributed by atoms with Crippen molar-refractivity contribution in [1.82, 2.24) is 19.4 Å². The summed E-state index contributed by atoms with van der Waals surface area (Å²) < 4.78 is 8.02. The molecule has 0 saturated heterocycles. The molecule has 0 spiro atoms. The highest BCUT2D eigenvalue weighted by Gasteiger charge is 2.21. The van der Waals surface area contributed by atoms with Gasteiger partial charge in [-0.2, -0.15) is 0 Å². The van der Waals surface area contributed by atoms with Gasteiger partial charge >= 0.3 is 5.69 Å². The average Bonchev–Trinajstić information content (AvgIpc) is 2.74. The number of pyridine rings is 1. The lowest BCUT2D eigenvalue weighted by atomic mass is 9.97. The van der Waals surface area contributed by atoms with Gasteiger partial charge in [0.25, 0.3) is 11.5 Å². The minimum absolute atomic E-state index is 0.160. The highest BCUT2D eigenvalue weighted by Crippen LogP contribution is 2.26. The molecular weight excluding hydrogens is 360 g/mol. The molecule has 3 aromatic rings. The predicted octanol–water partition coefficient (Wildman–Crippen LogP) is 0.613. The van der Waals surface area contributed by atoms with Crippen LogP contribution >= 0.6 is 0 Å². The zero-order valence-electron chi connectivity index (χ0n) is 15.6. The van der Waals surface area contributed by atoms with E-state index in [0.717, 1.165) is 22.3 Å². The van der Waals surface area contributed by atoms with Crippen LogP contribution in [-0.4, -0.2) is 33.2 Å². The van der Waals surface area contributed by atoms with E-state index in [1.807, 2.05) is 24.3 Å². The van der Waals surface area contributed by atoms with Crippen LogP contribution in [0.4, 0.5) is 0 Å². The van der Waals surface area contributed by atoms with Crippen LogP contribution in [0.25, 0.3) is 11.0 Å². The van der Waals surface area contributed by atoms with Crippen LogP contribution in [0, 0.1) is 5.92 Å². The van der Waals surface area contributed by atoms with Crippen molar-refractivity contribution in [1.29, 1.82) is 0 Å². The number of nitrogens with one attached hydrogen (secondary N) is 1. The van der Waals surface area contributed by atoms with E-state index in [9.17, 15) is 14.4 Å². The Labute approximate surface area is 160 Å². The fourth-order valence-electron chi connectivity index (χ4n) is 3.43. The molecule has 8 nitrogen and oxygen atoms in total. The highest BCUT2D eigenvalue weighted by atomic mass is 16.5. The van der Waals surface area contributed by atoms with Crippen molar-refractivity contribution >= 4 is 16.9 Å². The number of aromatic nitrogens is 3. The summed E-state index contributed by atoms with van der Waals surface area (Å²) >= 11 is 0. The Bertz CT molecular complexity index is 1200. The van der Waals surface area contributed by atoms with E-state index in [0.29, 0.717) is 18.5 Å². The molecule has 4 rings (SSSR count). The molecule has 144 valence electrons. The molecule has 1 unspecified atom stereocenters. The van der Waals surface area contributed by atoms with Crippen molar-refractivity contribution < 1.29 is 9.53 Å². The van der Waals surface area contributed by atoms with Crippen LogP contribution in [-0.2, 0) is 20.5 Å². The number of fused-ring (bicyclic) bond motifs is 2. The van der Waals surface area contributed by atoms with Gasteiger partial charge in [-0.05, 0) is 30.2 Å². The van der Waals surface area contributed by atoms with E-state index in [2.05, 4.69) is 10.3 Å². The smallest absolute Gasteiger partial charge is 0.332 e.